The molecule has 2 heterocycles. The maximum absolute atomic E-state index is 12.5. The third-order valence-electron chi connectivity index (χ3n) is 3.95. The van der Waals surface area contributed by atoms with Gasteiger partial charge in [-0.2, -0.15) is 0 Å². The summed E-state index contributed by atoms with van der Waals surface area (Å²) in [7, 11) is 1.61. The molecule has 0 saturated carbocycles. The van der Waals surface area contributed by atoms with Gasteiger partial charge in [0.2, 0.25) is 0 Å². The molecule has 0 atom stereocenters. The fourth-order valence-electron chi connectivity index (χ4n) is 2.68. The van der Waals surface area contributed by atoms with Crippen molar-refractivity contribution in [3.63, 3.8) is 0 Å². The second kappa shape index (κ2) is 6.25. The van der Waals surface area contributed by atoms with Gasteiger partial charge in [-0.15, -0.1) is 0 Å². The maximum atomic E-state index is 12.5. The van der Waals surface area contributed by atoms with E-state index in [1.54, 1.807) is 25.3 Å². The zero-order valence-electron chi connectivity index (χ0n) is 13.8. The van der Waals surface area contributed by atoms with Crippen LogP contribution < -0.4 is 19.5 Å². The summed E-state index contributed by atoms with van der Waals surface area (Å²) >= 11 is 1.43. The standard InChI is InChI=1S/C18H16N2O4S/c1-10-3-5-13(22-2)15-16(10)25-18(19-15)20-17(21)11-4-6-12-14(9-11)24-8-7-23-12/h3-6,9H,7-8H2,1-2H3,(H,19,20,21). The van der Waals surface area contributed by atoms with E-state index < -0.39 is 0 Å². The van der Waals surface area contributed by atoms with Crippen LogP contribution in [0.3, 0.4) is 0 Å². The number of aromatic nitrogens is 1. The molecule has 2 aromatic carbocycles. The Balaban J connectivity index is 1.62. The Labute approximate surface area is 148 Å². The van der Waals surface area contributed by atoms with E-state index in [0.29, 0.717) is 41.2 Å². The zero-order chi connectivity index (χ0) is 17.4. The summed E-state index contributed by atoms with van der Waals surface area (Å²) in [5.74, 6) is 1.69. The number of anilines is 1. The number of thiazole rings is 1. The largest absolute Gasteiger partial charge is 0.494 e. The van der Waals surface area contributed by atoms with Crippen molar-refractivity contribution in [2.75, 3.05) is 25.6 Å². The highest BCUT2D eigenvalue weighted by molar-refractivity contribution is 7.22. The maximum Gasteiger partial charge on any atom is 0.257 e. The number of carbonyl (C=O) groups excluding carboxylic acids is 1. The quantitative estimate of drug-likeness (QED) is 0.776. The molecular formula is C18H16N2O4S. The van der Waals surface area contributed by atoms with Crippen molar-refractivity contribution < 1.29 is 19.0 Å². The van der Waals surface area contributed by atoms with Gasteiger partial charge in [0.15, 0.2) is 16.6 Å². The fraction of sp³-hybridized carbons (Fsp3) is 0.222. The molecule has 1 aliphatic rings. The number of benzene rings is 2. The lowest BCUT2D eigenvalue weighted by Gasteiger charge is -2.18. The molecule has 0 radical (unpaired) electrons. The molecule has 1 amide bonds. The predicted molar refractivity (Wildman–Crippen MR) is 96.3 cm³/mol. The molecular weight excluding hydrogens is 340 g/mol. The Morgan fingerprint density at radius 3 is 2.80 bits per heavy atom. The SMILES string of the molecule is COc1ccc(C)c2sc(NC(=O)c3ccc4c(c3)OCCO4)nc12. The van der Waals surface area contributed by atoms with Crippen LogP contribution in [0, 0.1) is 6.92 Å². The molecule has 7 heteroatoms. The van der Waals surface area contributed by atoms with E-state index in [1.807, 2.05) is 19.1 Å². The Hall–Kier alpha value is -2.80. The van der Waals surface area contributed by atoms with Crippen LogP contribution in [-0.4, -0.2) is 31.2 Å². The van der Waals surface area contributed by atoms with Crippen molar-refractivity contribution in [3.05, 3.63) is 41.5 Å². The number of amides is 1. The summed E-state index contributed by atoms with van der Waals surface area (Å²) in [6.07, 6.45) is 0. The van der Waals surface area contributed by atoms with Gasteiger partial charge in [-0.3, -0.25) is 10.1 Å². The minimum absolute atomic E-state index is 0.243. The predicted octanol–water partition coefficient (Wildman–Crippen LogP) is 3.64. The summed E-state index contributed by atoms with van der Waals surface area (Å²) in [6, 6.07) is 9.00. The number of fused-ring (bicyclic) bond motifs is 2. The van der Waals surface area contributed by atoms with E-state index in [1.165, 1.54) is 11.3 Å². The van der Waals surface area contributed by atoms with E-state index in [0.717, 1.165) is 15.8 Å². The monoisotopic (exact) mass is 356 g/mol. The highest BCUT2D eigenvalue weighted by Crippen LogP contribution is 2.35. The number of methoxy groups -OCH3 is 1. The number of hydrogen-bond acceptors (Lipinski definition) is 6. The molecule has 0 aliphatic carbocycles. The minimum Gasteiger partial charge on any atom is -0.494 e. The fourth-order valence-corrected chi connectivity index (χ4v) is 3.63. The third-order valence-corrected chi connectivity index (χ3v) is 5.05. The molecule has 0 unspecified atom stereocenters. The van der Waals surface area contributed by atoms with Gasteiger partial charge in [0.25, 0.3) is 5.91 Å². The van der Waals surface area contributed by atoms with Crippen LogP contribution in [0.25, 0.3) is 10.2 Å². The van der Waals surface area contributed by atoms with Crippen LogP contribution in [0.1, 0.15) is 15.9 Å². The van der Waals surface area contributed by atoms with Crippen molar-refractivity contribution in [2.45, 2.75) is 6.92 Å². The summed E-state index contributed by atoms with van der Waals surface area (Å²) < 4.78 is 17.3. The van der Waals surface area contributed by atoms with Gasteiger partial charge < -0.3 is 14.2 Å². The first kappa shape index (κ1) is 15.7. The lowest BCUT2D eigenvalue weighted by molar-refractivity contribution is 0.102. The topological polar surface area (TPSA) is 69.7 Å². The number of nitrogens with zero attached hydrogens (tertiary/aromatic N) is 1. The average molecular weight is 356 g/mol. The highest BCUT2D eigenvalue weighted by Gasteiger charge is 2.17. The molecule has 3 aromatic rings. The van der Waals surface area contributed by atoms with Crippen molar-refractivity contribution >= 4 is 32.6 Å². The minimum atomic E-state index is -0.243. The van der Waals surface area contributed by atoms with Crippen LogP contribution in [-0.2, 0) is 0 Å². The molecule has 0 bridgehead atoms. The second-order valence-corrected chi connectivity index (χ2v) is 6.59. The van der Waals surface area contributed by atoms with Crippen LogP contribution in [0.2, 0.25) is 0 Å². The summed E-state index contributed by atoms with van der Waals surface area (Å²) in [5, 5.41) is 3.38. The summed E-state index contributed by atoms with van der Waals surface area (Å²) in [5.41, 5.74) is 2.34. The molecule has 0 spiro atoms. The number of nitrogens with one attached hydrogen (secondary N) is 1. The lowest BCUT2D eigenvalue weighted by Crippen LogP contribution is -2.17. The zero-order valence-corrected chi connectivity index (χ0v) is 14.6. The Bertz CT molecular complexity index is 967. The van der Waals surface area contributed by atoms with E-state index in [-0.39, 0.29) is 5.91 Å². The van der Waals surface area contributed by atoms with Gasteiger partial charge in [-0.05, 0) is 36.8 Å². The third kappa shape index (κ3) is 2.87. The normalized spacial score (nSPS) is 12.9. The molecule has 1 aromatic heterocycles. The second-order valence-electron chi connectivity index (χ2n) is 5.59. The molecule has 1 aliphatic heterocycles. The van der Waals surface area contributed by atoms with Gasteiger partial charge in [-0.1, -0.05) is 17.4 Å². The first-order chi connectivity index (χ1) is 12.2. The molecule has 0 saturated heterocycles. The number of carbonyl (C=O) groups is 1. The van der Waals surface area contributed by atoms with Crippen molar-refractivity contribution in [3.8, 4) is 17.2 Å². The van der Waals surface area contributed by atoms with Crippen molar-refractivity contribution in [2.24, 2.45) is 0 Å². The van der Waals surface area contributed by atoms with E-state index in [2.05, 4.69) is 10.3 Å². The molecule has 0 fully saturated rings. The van der Waals surface area contributed by atoms with Crippen LogP contribution in [0.4, 0.5) is 5.13 Å². The molecule has 25 heavy (non-hydrogen) atoms. The van der Waals surface area contributed by atoms with Gasteiger partial charge in [0.05, 0.1) is 11.8 Å². The number of aryl methyl sites for hydroxylation is 1. The van der Waals surface area contributed by atoms with Gasteiger partial charge >= 0.3 is 0 Å². The highest BCUT2D eigenvalue weighted by atomic mass is 32.1. The molecule has 1 N–H and O–H groups in total. The summed E-state index contributed by atoms with van der Waals surface area (Å²) in [4.78, 5) is 17.0. The van der Waals surface area contributed by atoms with Crippen LogP contribution in [0.15, 0.2) is 30.3 Å². The summed E-state index contributed by atoms with van der Waals surface area (Å²) in [6.45, 7) is 3.01. The first-order valence-corrected chi connectivity index (χ1v) is 8.62. The van der Waals surface area contributed by atoms with E-state index in [4.69, 9.17) is 14.2 Å². The molecule has 4 rings (SSSR count). The van der Waals surface area contributed by atoms with Gasteiger partial charge in [0, 0.05) is 5.56 Å². The van der Waals surface area contributed by atoms with E-state index in [9.17, 15) is 4.79 Å². The van der Waals surface area contributed by atoms with Crippen LogP contribution in [0.5, 0.6) is 17.2 Å². The van der Waals surface area contributed by atoms with Crippen molar-refractivity contribution in [1.29, 1.82) is 0 Å². The Morgan fingerprint density at radius 1 is 1.20 bits per heavy atom. The van der Waals surface area contributed by atoms with Gasteiger partial charge in [-0.25, -0.2) is 4.98 Å². The van der Waals surface area contributed by atoms with E-state index >= 15 is 0 Å². The number of ether oxygens (including phenoxy) is 3. The van der Waals surface area contributed by atoms with Crippen LogP contribution >= 0.6 is 11.3 Å². The lowest BCUT2D eigenvalue weighted by atomic mass is 10.2. The smallest absolute Gasteiger partial charge is 0.257 e. The van der Waals surface area contributed by atoms with Crippen molar-refractivity contribution in [1.82, 2.24) is 4.98 Å². The molecule has 128 valence electrons. The van der Waals surface area contributed by atoms with Gasteiger partial charge in [0.1, 0.15) is 24.5 Å². The Morgan fingerprint density at radius 2 is 2.00 bits per heavy atom. The Kier molecular flexibility index (Phi) is 3.93. The number of rotatable bonds is 3. The molecule has 6 nitrogen and oxygen atoms in total. The number of hydrogen-bond donors (Lipinski definition) is 1. The average Bonchev–Trinajstić information content (AvgIpc) is 3.06. The first-order valence-electron chi connectivity index (χ1n) is 7.81.